The second-order valence-corrected chi connectivity index (χ2v) is 37.1. The largest absolute Gasteiger partial charge is 0.508 e. The molecular weight excluding hydrogens is 1220 g/mol. The maximum Gasteiger partial charge on any atom is 0.234 e. The zero-order valence-corrected chi connectivity index (χ0v) is 57.6. The third-order valence-corrected chi connectivity index (χ3v) is 34.7. The quantitative estimate of drug-likeness (QED) is 0.0558. The van der Waals surface area contributed by atoms with Crippen LogP contribution in [0.4, 0.5) is 5.69 Å². The number of benzene rings is 1. The number of nitrogens with one attached hydrogen (secondary N) is 1. The lowest BCUT2D eigenvalue weighted by molar-refractivity contribution is -0.321. The molecule has 1 aromatic carbocycles. The molecule has 9 N–H and O–H groups in total. The van der Waals surface area contributed by atoms with E-state index in [1.807, 2.05) is 17.0 Å². The molecule has 18 aliphatic rings. The van der Waals surface area contributed by atoms with Gasteiger partial charge in [0.15, 0.2) is 5.78 Å². The number of hydrogen-bond acceptors (Lipinski definition) is 16. The molecule has 1 aromatic rings. The second-order valence-electron chi connectivity index (χ2n) is 34.6. The molecule has 1 amide bonds. The minimum Gasteiger partial charge on any atom is -0.508 e. The van der Waals surface area contributed by atoms with Crippen molar-refractivity contribution in [2.75, 3.05) is 44.1 Å². The van der Waals surface area contributed by atoms with Gasteiger partial charge in [-0.05, 0) is 198 Å². The molecular formula is C77H104N2O13S2. The van der Waals surface area contributed by atoms with Crippen LogP contribution >= 0.6 is 21.6 Å². The molecule has 8 aliphatic heterocycles. The summed E-state index contributed by atoms with van der Waals surface area (Å²) in [6, 6.07) is 5.50. The topological polar surface area (TPSA) is 242 Å². The number of aryl methyl sites for hydroxylation is 1. The number of ketones is 1. The van der Waals surface area contributed by atoms with Crippen LogP contribution in [0.5, 0.6) is 5.75 Å². The Hall–Kier alpha value is -2.80. The Balaban J connectivity index is 0.862. The lowest BCUT2D eigenvalue weighted by atomic mass is 9.29. The summed E-state index contributed by atoms with van der Waals surface area (Å²) >= 11 is 0. The number of amides is 1. The zero-order valence-electron chi connectivity index (χ0n) is 56.0. The van der Waals surface area contributed by atoms with Crippen LogP contribution in [-0.4, -0.2) is 156 Å². The summed E-state index contributed by atoms with van der Waals surface area (Å²) in [5.74, 6) is 6.50. The highest BCUT2D eigenvalue weighted by Crippen LogP contribution is 2.85. The number of phenols is 1. The summed E-state index contributed by atoms with van der Waals surface area (Å²) in [5.41, 5.74) is -12.2. The van der Waals surface area contributed by atoms with Crippen LogP contribution in [0.1, 0.15) is 168 Å². The molecule has 0 aromatic heterocycles. The van der Waals surface area contributed by atoms with E-state index in [1.54, 1.807) is 13.2 Å². The Morgan fingerprint density at radius 3 is 2.51 bits per heavy atom. The second kappa shape index (κ2) is 21.9. The molecule has 8 heterocycles. The van der Waals surface area contributed by atoms with Gasteiger partial charge in [-0.25, -0.2) is 0 Å². The van der Waals surface area contributed by atoms with Crippen LogP contribution in [0.2, 0.25) is 0 Å². The monoisotopic (exact) mass is 1330 g/mol. The SMILES string of the molecule is CO[C@H]1C=C[C@H]2C[C@@H]3N[C@]4(CC[C@@H](CC#C[C@@H]5C[C@]6(CN7C(=O)[C@@]68[C@H](CO)CCC[C@@H]8CSS[C@H](O)[C@@]68C[C@@H](O)[C@](O)(CO)C9(CCCC9)[C@]6(C)[C@H]6C[C@]9%10C=CC[C@](O)([C@@H]%11O[C@H]%11[C@H](C)C(C)C)[C@H]%11CC[C@@](OCC9)(C6=CC8=O)[C@@]%11%10CCc6cc(O)cc7c6)[C@H](O)[C@H]53)C4)[C@H]2C1. The van der Waals surface area contributed by atoms with Gasteiger partial charge in [0.25, 0.3) is 0 Å². The van der Waals surface area contributed by atoms with Crippen LogP contribution in [-0.2, 0) is 30.2 Å². The number of epoxide rings is 1. The summed E-state index contributed by atoms with van der Waals surface area (Å²) < 4.78 is 20.5. The molecule has 7 saturated carbocycles. The highest BCUT2D eigenvalue weighted by molar-refractivity contribution is 8.76. The van der Waals surface area contributed by atoms with Crippen LogP contribution in [0.25, 0.3) is 0 Å². The smallest absolute Gasteiger partial charge is 0.234 e. The van der Waals surface area contributed by atoms with Gasteiger partial charge in [0.2, 0.25) is 5.91 Å². The van der Waals surface area contributed by atoms with Crippen molar-refractivity contribution < 1.29 is 64.7 Å². The number of aliphatic hydroxyl groups excluding tert-OH is 5. The number of anilines is 1. The summed E-state index contributed by atoms with van der Waals surface area (Å²) in [7, 11) is 4.46. The van der Waals surface area contributed by atoms with Gasteiger partial charge in [-0.15, -0.1) is 5.92 Å². The highest BCUT2D eigenvalue weighted by Gasteiger charge is 2.87. The highest BCUT2D eigenvalue weighted by atomic mass is 33.1. The fourth-order valence-corrected chi connectivity index (χ4v) is 31.0. The predicted molar refractivity (Wildman–Crippen MR) is 358 cm³/mol. The van der Waals surface area contributed by atoms with E-state index in [1.165, 1.54) is 21.6 Å². The van der Waals surface area contributed by atoms with Crippen LogP contribution in [0.15, 0.2) is 54.2 Å². The van der Waals surface area contributed by atoms with E-state index in [0.717, 1.165) is 56.1 Å². The molecule has 13 bridgehead atoms. The number of carbonyl (C=O) groups is 2. The Bertz CT molecular complexity index is 3440. The van der Waals surface area contributed by atoms with Gasteiger partial charge in [-0.1, -0.05) is 98.8 Å². The van der Waals surface area contributed by atoms with Crippen molar-refractivity contribution in [1.82, 2.24) is 5.32 Å². The number of nitrogens with zero attached hydrogens (tertiary/aromatic N) is 1. The molecule has 19 rings (SSSR count). The zero-order chi connectivity index (χ0) is 65.3. The van der Waals surface area contributed by atoms with E-state index >= 15 is 9.59 Å². The maximum atomic E-state index is 17.2. The summed E-state index contributed by atoms with van der Waals surface area (Å²) in [6.45, 7) is 8.30. The number of aromatic hydroxyl groups is 1. The number of aliphatic hydroxyl groups is 7. The Labute approximate surface area is 563 Å². The molecule has 10 aliphatic carbocycles. The molecule has 512 valence electrons. The number of ether oxygens (including phenoxy) is 3. The van der Waals surface area contributed by atoms with Crippen molar-refractivity contribution in [1.29, 1.82) is 0 Å². The van der Waals surface area contributed by atoms with Gasteiger partial charge in [0.05, 0.1) is 47.5 Å². The Morgan fingerprint density at radius 2 is 1.73 bits per heavy atom. The number of piperidine rings is 1. The van der Waals surface area contributed by atoms with Crippen molar-refractivity contribution in [3.8, 4) is 17.6 Å². The molecule has 6 spiro atoms. The number of methoxy groups -OCH3 is 1. The summed E-state index contributed by atoms with van der Waals surface area (Å²) in [5, 5.41) is 110. The number of allylic oxidation sites excluding steroid dienone is 3. The normalized spacial score (nSPS) is 52.6. The minimum absolute atomic E-state index is 0.0100. The molecule has 4 saturated heterocycles. The first-order valence-electron chi connectivity index (χ1n) is 36.9. The van der Waals surface area contributed by atoms with Crippen molar-refractivity contribution >= 4 is 39.0 Å². The van der Waals surface area contributed by atoms with Crippen LogP contribution < -0.4 is 10.2 Å². The average molecular weight is 1330 g/mol. The Kier molecular flexibility index (Phi) is 15.0. The minimum atomic E-state index is -2.03. The standard InChI is InChI=1S/C77H104N2O13S2/c1-43(2)44(3)62-64(92-62)73(88)23-10-20-68-27-28-91-76-26-19-58(73)74(68,76)25-18-46-29-51(32-52(82)30-46)79-41-69(36-48-12-8-11-45-17-24-70(35-45)54-33-53(90-5)16-15-47(54)31-57(78-70)61(48)63(69)85)77(65(79)86)49(39-80)13-9-14-50(77)40-93-94-66(87)72-38-60(84)75(89,42-81)71(21-6-7-22-71)67(72,4)56(37-68)55(76)34-59(72)83/h10,15-16,20,29-30,32,34,43-45,47-50,53-54,56-58,60-64,66,78,80-82,84-85,87-89H,6-7,9,11,13-14,17-19,21-28,31,33,35-42H2,1-5H3/t44-,45-,47+,48-,49+,50-,53+,54+,56+,57+,58-,60-,61-,62+,63-,64-,66+,67+,68+,69+,70+,72+,73-,74+,75-,76-,77+/m1/s1. The molecule has 94 heavy (non-hydrogen) atoms. The first-order valence-corrected chi connectivity index (χ1v) is 39.3. The first-order chi connectivity index (χ1) is 45.0. The van der Waals surface area contributed by atoms with Crippen LogP contribution in [0, 0.1) is 115 Å². The van der Waals surface area contributed by atoms with Crippen molar-refractivity contribution in [3.05, 3.63) is 59.7 Å². The molecule has 17 heteroatoms. The van der Waals surface area contributed by atoms with E-state index in [2.05, 4.69) is 75.2 Å². The first kappa shape index (κ1) is 64.6. The lowest BCUT2D eigenvalue weighted by Gasteiger charge is -2.76. The Morgan fingerprint density at radius 1 is 0.915 bits per heavy atom. The number of rotatable bonds is 6. The average Bonchev–Trinajstić information content (AvgIpc) is 1.16. The maximum absolute atomic E-state index is 17.2. The van der Waals surface area contributed by atoms with E-state index in [4.69, 9.17) is 14.2 Å². The van der Waals surface area contributed by atoms with Gasteiger partial charge in [0, 0.05) is 102 Å². The van der Waals surface area contributed by atoms with E-state index < -0.39 is 109 Å². The van der Waals surface area contributed by atoms with E-state index in [-0.39, 0.29) is 84.5 Å². The number of hydrogen-bond donors (Lipinski definition) is 9. The van der Waals surface area contributed by atoms with Crippen molar-refractivity contribution in [2.24, 2.45) is 103 Å². The van der Waals surface area contributed by atoms with Gasteiger partial charge in [0.1, 0.15) is 28.5 Å². The van der Waals surface area contributed by atoms with Gasteiger partial charge < -0.3 is 65.3 Å². The third kappa shape index (κ3) is 7.80. The predicted octanol–water partition coefficient (Wildman–Crippen LogP) is 9.14. The summed E-state index contributed by atoms with van der Waals surface area (Å²) in [6.07, 6.45) is 21.2. The third-order valence-electron chi connectivity index (χ3n) is 32.1. The fraction of sp³-hybridized carbons (Fsp3) is 0.792. The van der Waals surface area contributed by atoms with Crippen molar-refractivity contribution in [2.45, 2.75) is 233 Å². The van der Waals surface area contributed by atoms with Crippen molar-refractivity contribution in [3.63, 3.8) is 0 Å². The molecule has 0 radical (unpaired) electrons. The van der Waals surface area contributed by atoms with Crippen LogP contribution in [0.3, 0.4) is 0 Å². The number of carbonyl (C=O) groups excluding carboxylic acids is 2. The molecule has 15 nitrogen and oxygen atoms in total. The molecule has 27 atom stereocenters. The van der Waals surface area contributed by atoms with Gasteiger partial charge in [-0.3, -0.25) is 9.59 Å². The number of fused-ring (bicyclic) bond motifs is 6. The molecule has 11 fully saturated rings. The number of phenolic OH excluding ortho intramolecular Hbond substituents is 1. The summed E-state index contributed by atoms with van der Waals surface area (Å²) in [4.78, 5) is 36.0. The molecule has 0 unspecified atom stereocenters. The fourth-order valence-electron chi connectivity index (χ4n) is 28.0. The lowest BCUT2D eigenvalue weighted by Crippen LogP contribution is -2.81. The van der Waals surface area contributed by atoms with Gasteiger partial charge >= 0.3 is 0 Å². The van der Waals surface area contributed by atoms with E-state index in [9.17, 15) is 40.9 Å². The van der Waals surface area contributed by atoms with E-state index in [0.29, 0.717) is 126 Å². The van der Waals surface area contributed by atoms with Gasteiger partial charge in [-0.2, -0.15) is 0 Å².